The first-order valence-electron chi connectivity index (χ1n) is 5.84. The molecular formula is C13H16N4O. The molecule has 1 amide bonds. The third kappa shape index (κ3) is 2.74. The van der Waals surface area contributed by atoms with E-state index in [9.17, 15) is 4.79 Å². The Morgan fingerprint density at radius 1 is 1.39 bits per heavy atom. The van der Waals surface area contributed by atoms with Gasteiger partial charge in [-0.3, -0.25) is 14.5 Å². The first kappa shape index (κ1) is 12.3. The quantitative estimate of drug-likeness (QED) is 0.876. The van der Waals surface area contributed by atoms with E-state index >= 15 is 0 Å². The molecule has 0 aliphatic heterocycles. The summed E-state index contributed by atoms with van der Waals surface area (Å²) < 4.78 is 1.69. The summed E-state index contributed by atoms with van der Waals surface area (Å²) in [5.74, 6) is -0.0744. The molecule has 2 aromatic heterocycles. The SMILES string of the molecule is Cc1c(C(=O)NCCc2ccncc2)cnn1C. The van der Waals surface area contributed by atoms with Crippen LogP contribution >= 0.6 is 0 Å². The van der Waals surface area contributed by atoms with Gasteiger partial charge in [-0.25, -0.2) is 0 Å². The van der Waals surface area contributed by atoms with Crippen molar-refractivity contribution in [2.24, 2.45) is 7.05 Å². The summed E-state index contributed by atoms with van der Waals surface area (Å²) in [7, 11) is 1.82. The zero-order valence-electron chi connectivity index (χ0n) is 10.6. The van der Waals surface area contributed by atoms with Crippen LogP contribution in [0.4, 0.5) is 0 Å². The Kier molecular flexibility index (Phi) is 3.72. The van der Waals surface area contributed by atoms with Gasteiger partial charge in [0.05, 0.1) is 11.8 Å². The van der Waals surface area contributed by atoms with E-state index < -0.39 is 0 Å². The molecule has 2 heterocycles. The molecule has 18 heavy (non-hydrogen) atoms. The first-order valence-corrected chi connectivity index (χ1v) is 5.84. The summed E-state index contributed by atoms with van der Waals surface area (Å²) in [6.07, 6.45) is 5.90. The molecule has 0 aromatic carbocycles. The lowest BCUT2D eigenvalue weighted by Gasteiger charge is -2.04. The van der Waals surface area contributed by atoms with Crippen molar-refractivity contribution in [3.63, 3.8) is 0 Å². The van der Waals surface area contributed by atoms with Crippen molar-refractivity contribution in [1.29, 1.82) is 0 Å². The monoisotopic (exact) mass is 244 g/mol. The number of amides is 1. The number of nitrogens with zero attached hydrogens (tertiary/aromatic N) is 3. The van der Waals surface area contributed by atoms with Crippen LogP contribution in [-0.2, 0) is 13.5 Å². The number of hydrogen-bond acceptors (Lipinski definition) is 3. The van der Waals surface area contributed by atoms with Gasteiger partial charge >= 0.3 is 0 Å². The van der Waals surface area contributed by atoms with Gasteiger partial charge in [-0.05, 0) is 31.0 Å². The fourth-order valence-corrected chi connectivity index (χ4v) is 1.69. The minimum atomic E-state index is -0.0744. The summed E-state index contributed by atoms with van der Waals surface area (Å²) in [6.45, 7) is 2.49. The van der Waals surface area contributed by atoms with Gasteiger partial charge in [0.25, 0.3) is 5.91 Å². The van der Waals surface area contributed by atoms with Crippen molar-refractivity contribution >= 4 is 5.91 Å². The number of aromatic nitrogens is 3. The van der Waals surface area contributed by atoms with E-state index in [1.165, 1.54) is 0 Å². The summed E-state index contributed by atoms with van der Waals surface area (Å²) in [4.78, 5) is 15.8. The average molecular weight is 244 g/mol. The van der Waals surface area contributed by atoms with Crippen molar-refractivity contribution in [1.82, 2.24) is 20.1 Å². The van der Waals surface area contributed by atoms with Crippen molar-refractivity contribution in [2.45, 2.75) is 13.3 Å². The number of pyridine rings is 1. The topological polar surface area (TPSA) is 59.8 Å². The predicted octanol–water partition coefficient (Wildman–Crippen LogP) is 1.10. The van der Waals surface area contributed by atoms with Crippen LogP contribution in [-0.4, -0.2) is 27.2 Å². The van der Waals surface area contributed by atoms with Crippen LogP contribution in [0.1, 0.15) is 21.6 Å². The van der Waals surface area contributed by atoms with E-state index in [0.29, 0.717) is 12.1 Å². The normalized spacial score (nSPS) is 10.3. The summed E-state index contributed by atoms with van der Waals surface area (Å²) in [5.41, 5.74) is 2.66. The Balaban J connectivity index is 1.88. The van der Waals surface area contributed by atoms with Crippen molar-refractivity contribution in [3.05, 3.63) is 47.5 Å². The molecule has 0 atom stereocenters. The third-order valence-corrected chi connectivity index (χ3v) is 2.93. The van der Waals surface area contributed by atoms with E-state index in [2.05, 4.69) is 15.4 Å². The maximum Gasteiger partial charge on any atom is 0.254 e. The Bertz CT molecular complexity index is 533. The number of carbonyl (C=O) groups excluding carboxylic acids is 1. The highest BCUT2D eigenvalue weighted by Crippen LogP contribution is 2.05. The summed E-state index contributed by atoms with van der Waals surface area (Å²) in [5, 5.41) is 6.94. The summed E-state index contributed by atoms with van der Waals surface area (Å²) >= 11 is 0. The van der Waals surface area contributed by atoms with E-state index in [1.807, 2.05) is 26.1 Å². The van der Waals surface area contributed by atoms with Crippen LogP contribution < -0.4 is 5.32 Å². The molecule has 94 valence electrons. The van der Waals surface area contributed by atoms with Gasteiger partial charge in [0, 0.05) is 31.7 Å². The lowest BCUT2D eigenvalue weighted by Crippen LogP contribution is -2.26. The van der Waals surface area contributed by atoms with Crippen molar-refractivity contribution in [2.75, 3.05) is 6.54 Å². The van der Waals surface area contributed by atoms with Crippen LogP contribution in [0.2, 0.25) is 0 Å². The molecule has 0 aliphatic carbocycles. The number of nitrogens with one attached hydrogen (secondary N) is 1. The Labute approximate surface area is 106 Å². The second-order valence-corrected chi connectivity index (χ2v) is 4.13. The highest BCUT2D eigenvalue weighted by atomic mass is 16.1. The molecule has 0 unspecified atom stereocenters. The zero-order chi connectivity index (χ0) is 13.0. The highest BCUT2D eigenvalue weighted by molar-refractivity contribution is 5.94. The van der Waals surface area contributed by atoms with Crippen molar-refractivity contribution in [3.8, 4) is 0 Å². The number of aryl methyl sites for hydroxylation is 1. The molecule has 0 fully saturated rings. The molecule has 2 aromatic rings. The van der Waals surface area contributed by atoms with Gasteiger partial charge in [-0.15, -0.1) is 0 Å². The minimum Gasteiger partial charge on any atom is -0.352 e. The second kappa shape index (κ2) is 5.44. The molecular weight excluding hydrogens is 228 g/mol. The maximum atomic E-state index is 11.9. The van der Waals surface area contributed by atoms with E-state index in [1.54, 1.807) is 23.3 Å². The molecule has 0 bridgehead atoms. The van der Waals surface area contributed by atoms with Crippen molar-refractivity contribution < 1.29 is 4.79 Å². The van der Waals surface area contributed by atoms with Crippen LogP contribution in [0.25, 0.3) is 0 Å². The molecule has 2 rings (SSSR count). The molecule has 0 saturated heterocycles. The van der Waals surface area contributed by atoms with Gasteiger partial charge in [-0.1, -0.05) is 0 Å². The maximum absolute atomic E-state index is 11.9. The lowest BCUT2D eigenvalue weighted by molar-refractivity contribution is 0.0953. The Morgan fingerprint density at radius 2 is 2.11 bits per heavy atom. The molecule has 1 N–H and O–H groups in total. The van der Waals surface area contributed by atoms with Gasteiger partial charge in [-0.2, -0.15) is 5.10 Å². The standard InChI is InChI=1S/C13H16N4O/c1-10-12(9-16-17(10)2)13(18)15-8-5-11-3-6-14-7-4-11/h3-4,6-7,9H,5,8H2,1-2H3,(H,15,18). The highest BCUT2D eigenvalue weighted by Gasteiger charge is 2.11. The third-order valence-electron chi connectivity index (χ3n) is 2.93. The predicted molar refractivity (Wildman–Crippen MR) is 68.2 cm³/mol. The van der Waals surface area contributed by atoms with Gasteiger partial charge in [0.1, 0.15) is 0 Å². The lowest BCUT2D eigenvalue weighted by atomic mass is 10.2. The van der Waals surface area contributed by atoms with Crippen LogP contribution in [0.3, 0.4) is 0 Å². The second-order valence-electron chi connectivity index (χ2n) is 4.13. The zero-order valence-corrected chi connectivity index (χ0v) is 10.6. The van der Waals surface area contributed by atoms with E-state index in [4.69, 9.17) is 0 Å². The van der Waals surface area contributed by atoms with Gasteiger partial charge in [0.15, 0.2) is 0 Å². The van der Waals surface area contributed by atoms with Crippen LogP contribution in [0.5, 0.6) is 0 Å². The number of rotatable bonds is 4. The first-order chi connectivity index (χ1) is 8.68. The smallest absolute Gasteiger partial charge is 0.254 e. The molecule has 0 saturated carbocycles. The largest absolute Gasteiger partial charge is 0.352 e. The molecule has 5 heteroatoms. The van der Waals surface area contributed by atoms with E-state index in [0.717, 1.165) is 17.7 Å². The van der Waals surface area contributed by atoms with E-state index in [-0.39, 0.29) is 5.91 Å². The molecule has 0 aliphatic rings. The number of hydrogen-bond donors (Lipinski definition) is 1. The minimum absolute atomic E-state index is 0.0744. The summed E-state index contributed by atoms with van der Waals surface area (Å²) in [6, 6.07) is 3.89. The molecule has 0 spiro atoms. The Morgan fingerprint density at radius 3 is 2.72 bits per heavy atom. The average Bonchev–Trinajstić information content (AvgIpc) is 2.71. The Hall–Kier alpha value is -2.17. The molecule has 5 nitrogen and oxygen atoms in total. The number of carbonyl (C=O) groups is 1. The van der Waals surface area contributed by atoms with Crippen LogP contribution in [0, 0.1) is 6.92 Å². The fourth-order valence-electron chi connectivity index (χ4n) is 1.69. The fraction of sp³-hybridized carbons (Fsp3) is 0.308. The van der Waals surface area contributed by atoms with Gasteiger partial charge in [0.2, 0.25) is 0 Å². The van der Waals surface area contributed by atoms with Gasteiger partial charge < -0.3 is 5.32 Å². The van der Waals surface area contributed by atoms with Crippen LogP contribution in [0.15, 0.2) is 30.7 Å². The molecule has 0 radical (unpaired) electrons.